The number of carbonyl (C=O) groups excluding carboxylic acids is 1. The maximum absolute atomic E-state index is 12.4. The fraction of sp³-hybridized carbons (Fsp3) is 0.0526. The number of nitrogens with two attached hydrogens (primary N) is 1. The number of fused-ring (bicyclic) bond motifs is 1. The van der Waals surface area contributed by atoms with Crippen LogP contribution in [0.5, 0.6) is 0 Å². The first-order valence-corrected chi connectivity index (χ1v) is 7.94. The minimum absolute atomic E-state index is 0.226. The zero-order valence-electron chi connectivity index (χ0n) is 14.2. The van der Waals surface area contributed by atoms with Gasteiger partial charge in [0.2, 0.25) is 5.96 Å². The normalized spacial score (nSPS) is 11.2. The van der Waals surface area contributed by atoms with Gasteiger partial charge >= 0.3 is 0 Å². The molecule has 0 aliphatic carbocycles. The van der Waals surface area contributed by atoms with Crippen molar-refractivity contribution in [3.05, 3.63) is 72.1 Å². The molecule has 0 fully saturated rings. The lowest BCUT2D eigenvalue weighted by Crippen LogP contribution is -2.26. The van der Waals surface area contributed by atoms with Crippen molar-refractivity contribution in [1.29, 1.82) is 5.41 Å². The summed E-state index contributed by atoms with van der Waals surface area (Å²) in [5.41, 5.74) is 10.1. The molecule has 0 atom stereocenters. The van der Waals surface area contributed by atoms with E-state index >= 15 is 0 Å². The van der Waals surface area contributed by atoms with Gasteiger partial charge < -0.3 is 11.1 Å². The minimum Gasteiger partial charge on any atom is -0.369 e. The number of pyridine rings is 1. The molecule has 7 nitrogen and oxygen atoms in total. The summed E-state index contributed by atoms with van der Waals surface area (Å²) >= 11 is 0. The van der Waals surface area contributed by atoms with Crippen molar-refractivity contribution in [1.82, 2.24) is 10.4 Å². The first kappa shape index (κ1) is 17.1. The quantitative estimate of drug-likeness (QED) is 0.330. The van der Waals surface area contributed by atoms with Gasteiger partial charge in [-0.1, -0.05) is 36.4 Å². The number of hydrogen-bond donors (Lipinski definition) is 4. The molecule has 1 aromatic heterocycles. The molecule has 0 unspecified atom stereocenters. The molecule has 0 saturated carbocycles. The van der Waals surface area contributed by atoms with Crippen LogP contribution in [0.15, 0.2) is 65.9 Å². The van der Waals surface area contributed by atoms with Gasteiger partial charge in [-0.15, -0.1) is 0 Å². The van der Waals surface area contributed by atoms with Crippen molar-refractivity contribution in [3.8, 4) is 0 Å². The van der Waals surface area contributed by atoms with Gasteiger partial charge in [0.25, 0.3) is 5.91 Å². The number of hydrazone groups is 1. The second-order valence-corrected chi connectivity index (χ2v) is 5.67. The van der Waals surface area contributed by atoms with E-state index in [1.165, 1.54) is 0 Å². The van der Waals surface area contributed by atoms with Crippen molar-refractivity contribution >= 4 is 34.0 Å². The number of nitrogens with zero attached hydrogens (tertiary/aromatic N) is 2. The molecule has 0 aliphatic rings. The second-order valence-electron chi connectivity index (χ2n) is 5.67. The molecule has 26 heavy (non-hydrogen) atoms. The first-order valence-electron chi connectivity index (χ1n) is 7.94. The standard InChI is InChI=1S/C19H18N6O/c1-12(24-25-19(20)21)13-6-8-16(9-7-13)23-18(26)17-10-14-4-2-3-5-15(14)11-22-17/h2-11H,1H3,(H,23,26)(H4,20,21,25)/b24-12+. The number of aromatic nitrogens is 1. The van der Waals surface area contributed by atoms with Crippen molar-refractivity contribution < 1.29 is 4.79 Å². The predicted molar refractivity (Wildman–Crippen MR) is 103 cm³/mol. The Morgan fingerprint density at radius 2 is 1.81 bits per heavy atom. The van der Waals surface area contributed by atoms with E-state index in [9.17, 15) is 4.79 Å². The van der Waals surface area contributed by atoms with E-state index in [0.29, 0.717) is 17.1 Å². The highest BCUT2D eigenvalue weighted by Crippen LogP contribution is 2.15. The third kappa shape index (κ3) is 4.02. The number of carbonyl (C=O) groups is 1. The fourth-order valence-corrected chi connectivity index (χ4v) is 2.41. The van der Waals surface area contributed by atoms with Gasteiger partial charge in [0.05, 0.1) is 5.71 Å². The van der Waals surface area contributed by atoms with Crippen LogP contribution in [0.3, 0.4) is 0 Å². The van der Waals surface area contributed by atoms with Gasteiger partial charge in [0.1, 0.15) is 5.69 Å². The lowest BCUT2D eigenvalue weighted by atomic mass is 10.1. The summed E-state index contributed by atoms with van der Waals surface area (Å²) in [4.78, 5) is 16.6. The van der Waals surface area contributed by atoms with Crippen LogP contribution >= 0.6 is 0 Å². The third-order valence-electron chi connectivity index (χ3n) is 3.77. The number of anilines is 1. The van der Waals surface area contributed by atoms with Gasteiger partial charge in [-0.3, -0.25) is 15.2 Å². The summed E-state index contributed by atoms with van der Waals surface area (Å²) in [6.07, 6.45) is 1.69. The van der Waals surface area contributed by atoms with E-state index in [2.05, 4.69) is 20.8 Å². The molecule has 1 heterocycles. The number of benzene rings is 2. The summed E-state index contributed by atoms with van der Waals surface area (Å²) < 4.78 is 0. The van der Waals surface area contributed by atoms with Gasteiger partial charge in [-0.25, -0.2) is 5.43 Å². The van der Waals surface area contributed by atoms with E-state index < -0.39 is 0 Å². The molecular weight excluding hydrogens is 328 g/mol. The molecule has 0 aliphatic heterocycles. The Kier molecular flexibility index (Phi) is 4.89. The van der Waals surface area contributed by atoms with Crippen molar-refractivity contribution in [2.45, 2.75) is 6.92 Å². The molecule has 0 spiro atoms. The van der Waals surface area contributed by atoms with Crippen LogP contribution in [0.1, 0.15) is 23.0 Å². The van der Waals surface area contributed by atoms with Gasteiger partial charge in [-0.05, 0) is 36.1 Å². The van der Waals surface area contributed by atoms with E-state index in [0.717, 1.165) is 16.3 Å². The largest absolute Gasteiger partial charge is 0.369 e. The molecule has 1 amide bonds. The number of rotatable bonds is 4. The third-order valence-corrected chi connectivity index (χ3v) is 3.77. The van der Waals surface area contributed by atoms with Gasteiger partial charge in [0, 0.05) is 17.3 Å². The molecule has 130 valence electrons. The molecule has 2 aromatic carbocycles. The fourth-order valence-electron chi connectivity index (χ4n) is 2.41. The number of amides is 1. The second kappa shape index (κ2) is 7.43. The van der Waals surface area contributed by atoms with Crippen molar-refractivity contribution in [3.63, 3.8) is 0 Å². The Labute approximate surface area is 150 Å². The summed E-state index contributed by atoms with van der Waals surface area (Å²) in [6, 6.07) is 16.7. The summed E-state index contributed by atoms with van der Waals surface area (Å²) in [6.45, 7) is 1.79. The van der Waals surface area contributed by atoms with E-state index in [4.69, 9.17) is 11.1 Å². The lowest BCUT2D eigenvalue weighted by molar-refractivity contribution is 0.102. The van der Waals surface area contributed by atoms with Crippen LogP contribution in [0, 0.1) is 5.41 Å². The highest BCUT2D eigenvalue weighted by Gasteiger charge is 2.09. The number of guanidine groups is 1. The highest BCUT2D eigenvalue weighted by atomic mass is 16.1. The van der Waals surface area contributed by atoms with Crippen molar-refractivity contribution in [2.24, 2.45) is 10.8 Å². The molecule has 3 rings (SSSR count). The molecule has 0 saturated heterocycles. The van der Waals surface area contributed by atoms with Gasteiger partial charge in [0.15, 0.2) is 0 Å². The Morgan fingerprint density at radius 3 is 2.50 bits per heavy atom. The number of hydrogen-bond acceptors (Lipinski definition) is 4. The smallest absolute Gasteiger partial charge is 0.274 e. The zero-order chi connectivity index (χ0) is 18.5. The molecular formula is C19H18N6O. The highest BCUT2D eigenvalue weighted by molar-refractivity contribution is 6.05. The monoisotopic (exact) mass is 346 g/mol. The van der Waals surface area contributed by atoms with Crippen molar-refractivity contribution in [2.75, 3.05) is 5.32 Å². The molecule has 0 radical (unpaired) electrons. The summed E-state index contributed by atoms with van der Waals surface area (Å²) in [7, 11) is 0. The SMILES string of the molecule is C/C(=N\NC(=N)N)c1ccc(NC(=O)c2cc3ccccc3cn2)cc1. The zero-order valence-corrected chi connectivity index (χ0v) is 14.2. The Morgan fingerprint density at radius 1 is 1.12 bits per heavy atom. The Bertz CT molecular complexity index is 994. The van der Waals surface area contributed by atoms with Crippen LogP contribution in [0.25, 0.3) is 10.8 Å². The van der Waals surface area contributed by atoms with Gasteiger partial charge in [-0.2, -0.15) is 5.10 Å². The average Bonchev–Trinajstić information content (AvgIpc) is 2.66. The molecule has 0 bridgehead atoms. The lowest BCUT2D eigenvalue weighted by Gasteiger charge is -2.07. The Balaban J connectivity index is 1.72. The van der Waals surface area contributed by atoms with E-state index in [1.807, 2.05) is 36.4 Å². The maximum atomic E-state index is 12.4. The van der Waals surface area contributed by atoms with E-state index in [1.54, 1.807) is 31.3 Å². The van der Waals surface area contributed by atoms with Crippen LogP contribution in [0.4, 0.5) is 5.69 Å². The molecule has 7 heteroatoms. The Hall–Kier alpha value is -3.74. The molecule has 3 aromatic rings. The topological polar surface area (TPSA) is 116 Å². The maximum Gasteiger partial charge on any atom is 0.274 e. The average molecular weight is 346 g/mol. The van der Waals surface area contributed by atoms with E-state index in [-0.39, 0.29) is 11.9 Å². The van der Waals surface area contributed by atoms with Crippen LogP contribution in [0.2, 0.25) is 0 Å². The van der Waals surface area contributed by atoms with Crippen LogP contribution in [-0.4, -0.2) is 22.6 Å². The van der Waals surface area contributed by atoms with Crippen LogP contribution < -0.4 is 16.5 Å². The predicted octanol–water partition coefficient (Wildman–Crippen LogP) is 2.69. The molecule has 5 N–H and O–H groups in total. The first-order chi connectivity index (χ1) is 12.5. The summed E-state index contributed by atoms with van der Waals surface area (Å²) in [5.74, 6) is -0.497. The number of nitrogens with one attached hydrogen (secondary N) is 3. The van der Waals surface area contributed by atoms with Crippen LogP contribution in [-0.2, 0) is 0 Å². The summed E-state index contributed by atoms with van der Waals surface area (Å²) in [5, 5.41) is 15.9. The minimum atomic E-state index is -0.271.